The van der Waals surface area contributed by atoms with Crippen molar-refractivity contribution in [3.05, 3.63) is 47.5 Å². The molecule has 0 spiro atoms. The van der Waals surface area contributed by atoms with Crippen molar-refractivity contribution in [2.45, 2.75) is 13.0 Å². The quantitative estimate of drug-likeness (QED) is 0.670. The molecule has 0 radical (unpaired) electrons. The lowest BCUT2D eigenvalue weighted by Crippen LogP contribution is -2.51. The molecule has 0 atom stereocenters. The molecule has 0 fully saturated rings. The van der Waals surface area contributed by atoms with Gasteiger partial charge in [0.2, 0.25) is 10.0 Å². The zero-order valence-corrected chi connectivity index (χ0v) is 19.1. The van der Waals surface area contributed by atoms with Crippen molar-refractivity contribution in [3.8, 4) is 11.5 Å². The number of nitrogens with two attached hydrogens (primary N) is 1. The Balaban J connectivity index is 1.89. The highest BCUT2D eigenvalue weighted by molar-refractivity contribution is 7.92. The van der Waals surface area contributed by atoms with Crippen LogP contribution >= 0.6 is 12.2 Å². The van der Waals surface area contributed by atoms with Crippen LogP contribution < -0.4 is 24.5 Å². The van der Waals surface area contributed by atoms with E-state index in [1.165, 1.54) is 16.9 Å². The highest BCUT2D eigenvalue weighted by Gasteiger charge is 2.26. The standard InChI is InChI=1S/C20H26N4O4S2/c1-22(30(4,25)26)16-5-7-17(8-6-16)24(20(21)29)23-10-9-14-11-18(27-2)19(28-3)12-15(14)13-23/h5-8,11-12H,9-10,13H2,1-4H3,(H2,21,29). The van der Waals surface area contributed by atoms with E-state index < -0.39 is 10.0 Å². The summed E-state index contributed by atoms with van der Waals surface area (Å²) in [6.45, 7) is 1.31. The predicted octanol–water partition coefficient (Wildman–Crippen LogP) is 2.12. The first-order valence-corrected chi connectivity index (χ1v) is 11.5. The summed E-state index contributed by atoms with van der Waals surface area (Å²) >= 11 is 5.32. The number of rotatable bonds is 6. The molecule has 2 aromatic rings. The lowest BCUT2D eigenvalue weighted by molar-refractivity contribution is 0.263. The van der Waals surface area contributed by atoms with Gasteiger partial charge in [-0.1, -0.05) is 0 Å². The lowest BCUT2D eigenvalue weighted by Gasteiger charge is -2.38. The molecule has 3 rings (SSSR count). The van der Waals surface area contributed by atoms with Crippen molar-refractivity contribution < 1.29 is 17.9 Å². The maximum atomic E-state index is 11.8. The molecule has 10 heteroatoms. The van der Waals surface area contributed by atoms with Crippen molar-refractivity contribution in [1.29, 1.82) is 0 Å². The highest BCUT2D eigenvalue weighted by atomic mass is 32.2. The molecule has 0 amide bonds. The molecule has 1 aliphatic heterocycles. The Morgan fingerprint density at radius 3 is 2.10 bits per heavy atom. The van der Waals surface area contributed by atoms with Crippen molar-refractivity contribution in [3.63, 3.8) is 0 Å². The van der Waals surface area contributed by atoms with Crippen LogP contribution in [-0.2, 0) is 23.0 Å². The van der Waals surface area contributed by atoms with Gasteiger partial charge in [0.25, 0.3) is 0 Å². The SMILES string of the molecule is COc1cc2c(cc1OC)CN(N(C(N)=S)c1ccc(N(C)S(C)(=O)=O)cc1)CC2. The van der Waals surface area contributed by atoms with Crippen LogP contribution in [0.15, 0.2) is 36.4 Å². The third-order valence-corrected chi connectivity index (χ3v) is 6.52. The molecule has 0 aromatic heterocycles. The summed E-state index contributed by atoms with van der Waals surface area (Å²) in [4.78, 5) is 0. The Morgan fingerprint density at radius 2 is 1.60 bits per heavy atom. The van der Waals surface area contributed by atoms with E-state index >= 15 is 0 Å². The van der Waals surface area contributed by atoms with Crippen molar-refractivity contribution >= 4 is 38.7 Å². The lowest BCUT2D eigenvalue weighted by atomic mass is 9.99. The molecule has 162 valence electrons. The molecule has 1 heterocycles. The summed E-state index contributed by atoms with van der Waals surface area (Å²) < 4.78 is 35.6. The average molecular weight is 451 g/mol. The van der Waals surface area contributed by atoms with Gasteiger partial charge in [-0.25, -0.2) is 18.4 Å². The number of methoxy groups -OCH3 is 2. The van der Waals surface area contributed by atoms with E-state index in [0.29, 0.717) is 30.3 Å². The molecular formula is C20H26N4O4S2. The van der Waals surface area contributed by atoms with Gasteiger partial charge in [-0.05, 0) is 66.2 Å². The van der Waals surface area contributed by atoms with Crippen LogP contribution in [-0.4, -0.2) is 52.6 Å². The number of anilines is 2. The summed E-state index contributed by atoms with van der Waals surface area (Å²) in [5.41, 5.74) is 9.67. The Morgan fingerprint density at radius 1 is 1.07 bits per heavy atom. The number of ether oxygens (including phenoxy) is 2. The van der Waals surface area contributed by atoms with E-state index in [2.05, 4.69) is 5.01 Å². The number of hydrazine groups is 1. The van der Waals surface area contributed by atoms with Gasteiger partial charge in [-0.2, -0.15) is 0 Å². The number of benzene rings is 2. The van der Waals surface area contributed by atoms with Crippen LogP contribution in [0.2, 0.25) is 0 Å². The number of sulfonamides is 1. The molecule has 0 saturated carbocycles. The monoisotopic (exact) mass is 450 g/mol. The average Bonchev–Trinajstić information content (AvgIpc) is 2.71. The predicted molar refractivity (Wildman–Crippen MR) is 123 cm³/mol. The Hall–Kier alpha value is -2.56. The second-order valence-electron chi connectivity index (χ2n) is 7.01. The van der Waals surface area contributed by atoms with E-state index in [4.69, 9.17) is 27.4 Å². The van der Waals surface area contributed by atoms with E-state index in [9.17, 15) is 8.42 Å². The van der Waals surface area contributed by atoms with Gasteiger partial charge in [0.05, 0.1) is 31.9 Å². The minimum atomic E-state index is -3.33. The van der Waals surface area contributed by atoms with Crippen molar-refractivity contribution in [1.82, 2.24) is 5.01 Å². The second-order valence-corrected chi connectivity index (χ2v) is 9.44. The summed E-state index contributed by atoms with van der Waals surface area (Å²) in [5, 5.41) is 4.05. The number of nitrogens with zero attached hydrogens (tertiary/aromatic N) is 3. The largest absolute Gasteiger partial charge is 0.493 e. The first-order chi connectivity index (χ1) is 14.2. The maximum Gasteiger partial charge on any atom is 0.231 e. The van der Waals surface area contributed by atoms with Gasteiger partial charge < -0.3 is 15.2 Å². The summed E-state index contributed by atoms with van der Waals surface area (Å²) in [6, 6.07) is 11.1. The van der Waals surface area contributed by atoms with Crippen LogP contribution in [0.25, 0.3) is 0 Å². The van der Waals surface area contributed by atoms with Crippen LogP contribution in [0.3, 0.4) is 0 Å². The van der Waals surface area contributed by atoms with E-state index in [1.807, 2.05) is 12.1 Å². The molecule has 0 unspecified atom stereocenters. The van der Waals surface area contributed by atoms with Gasteiger partial charge >= 0.3 is 0 Å². The molecule has 0 saturated heterocycles. The van der Waals surface area contributed by atoms with Gasteiger partial charge in [0.15, 0.2) is 16.6 Å². The summed E-state index contributed by atoms with van der Waals surface area (Å²) in [5.74, 6) is 1.38. The third-order valence-electron chi connectivity index (χ3n) is 5.14. The smallest absolute Gasteiger partial charge is 0.231 e. The highest BCUT2D eigenvalue weighted by Crippen LogP contribution is 2.34. The molecule has 2 N–H and O–H groups in total. The molecule has 30 heavy (non-hydrogen) atoms. The van der Waals surface area contributed by atoms with Gasteiger partial charge in [-0.15, -0.1) is 0 Å². The topological polar surface area (TPSA) is 88.3 Å². The first kappa shape index (κ1) is 22.1. The van der Waals surface area contributed by atoms with E-state index in [1.54, 1.807) is 43.5 Å². The van der Waals surface area contributed by atoms with Crippen LogP contribution in [0.1, 0.15) is 11.1 Å². The molecular weight excluding hydrogens is 424 g/mol. The third kappa shape index (κ3) is 4.45. The minimum Gasteiger partial charge on any atom is -0.493 e. The van der Waals surface area contributed by atoms with Crippen LogP contribution in [0, 0.1) is 0 Å². The fourth-order valence-corrected chi connectivity index (χ4v) is 4.19. The Bertz CT molecular complexity index is 1040. The van der Waals surface area contributed by atoms with Gasteiger partial charge in [0, 0.05) is 20.1 Å². The maximum absolute atomic E-state index is 11.8. The van der Waals surface area contributed by atoms with Crippen molar-refractivity contribution in [2.75, 3.05) is 43.4 Å². The zero-order chi connectivity index (χ0) is 22.1. The van der Waals surface area contributed by atoms with E-state index in [-0.39, 0.29) is 5.11 Å². The number of thiocarbonyl (C=S) groups is 1. The Labute approximate surface area is 182 Å². The van der Waals surface area contributed by atoms with Gasteiger partial charge in [-0.3, -0.25) is 4.31 Å². The Kier molecular flexibility index (Phi) is 6.39. The fraction of sp³-hybridized carbons (Fsp3) is 0.350. The van der Waals surface area contributed by atoms with Crippen LogP contribution in [0.5, 0.6) is 11.5 Å². The normalized spacial score (nSPS) is 14.0. The van der Waals surface area contributed by atoms with Gasteiger partial charge in [0.1, 0.15) is 0 Å². The van der Waals surface area contributed by atoms with E-state index in [0.717, 1.165) is 23.9 Å². The first-order valence-electron chi connectivity index (χ1n) is 9.28. The molecule has 1 aliphatic rings. The second kappa shape index (κ2) is 8.66. The van der Waals surface area contributed by atoms with Crippen LogP contribution in [0.4, 0.5) is 11.4 Å². The fourth-order valence-electron chi connectivity index (χ4n) is 3.46. The molecule has 0 bridgehead atoms. The molecule has 2 aromatic carbocycles. The summed E-state index contributed by atoms with van der Waals surface area (Å²) in [6.07, 6.45) is 1.96. The summed E-state index contributed by atoms with van der Waals surface area (Å²) in [7, 11) is 1.41. The molecule has 8 nitrogen and oxygen atoms in total. The molecule has 0 aliphatic carbocycles. The number of fused-ring (bicyclic) bond motifs is 1. The minimum absolute atomic E-state index is 0.211. The van der Waals surface area contributed by atoms with Crippen molar-refractivity contribution in [2.24, 2.45) is 5.73 Å². The number of hydrogen-bond acceptors (Lipinski definition) is 6. The zero-order valence-electron chi connectivity index (χ0n) is 17.5. The number of hydrogen-bond donors (Lipinski definition) is 1.